The first-order valence-corrected chi connectivity index (χ1v) is 21.5. The molecule has 0 aliphatic carbocycles. The number of hydrogen-bond acceptors (Lipinski definition) is 10. The first-order valence-electron chi connectivity index (χ1n) is 21.5. The molecule has 7 atom stereocenters. The maximum atomic E-state index is 15.6. The van der Waals surface area contributed by atoms with E-state index in [1.165, 1.54) is 0 Å². The Hall–Kier alpha value is -7.63. The van der Waals surface area contributed by atoms with Crippen molar-refractivity contribution in [3.8, 4) is 17.6 Å². The number of esters is 1. The van der Waals surface area contributed by atoms with Crippen LogP contribution in [-0.4, -0.2) is 73.7 Å². The van der Waals surface area contributed by atoms with Crippen molar-refractivity contribution in [1.82, 2.24) is 25.2 Å². The van der Waals surface area contributed by atoms with Gasteiger partial charge in [0, 0.05) is 17.8 Å². The van der Waals surface area contributed by atoms with Crippen molar-refractivity contribution >= 4 is 34.5 Å². The summed E-state index contributed by atoms with van der Waals surface area (Å²) in [5.41, 5.74) is 3.99. The van der Waals surface area contributed by atoms with Crippen LogP contribution in [0, 0.1) is 17.8 Å². The van der Waals surface area contributed by atoms with E-state index in [9.17, 15) is 10.2 Å². The maximum absolute atomic E-state index is 15.6. The van der Waals surface area contributed by atoms with Crippen molar-refractivity contribution in [2.45, 2.75) is 42.3 Å². The number of aliphatic hydroxyl groups excluding tert-OH is 2. The summed E-state index contributed by atoms with van der Waals surface area (Å²) in [5, 5.41) is 35.7. The number of nitrogens with zero attached hydrogens (tertiary/aromatic N) is 4. The quantitative estimate of drug-likeness (QED) is 0.0898. The molecule has 4 N–H and O–H groups in total. The number of amides is 2. The van der Waals surface area contributed by atoms with Gasteiger partial charge in [-0.3, -0.25) is 19.3 Å². The molecule has 0 radical (unpaired) electrons. The molecule has 2 fully saturated rings. The number of cyclic esters (lactones) is 1. The number of morpholine rings is 1. The topological polar surface area (TPSA) is 168 Å². The molecule has 1 aromatic heterocycles. The van der Waals surface area contributed by atoms with Gasteiger partial charge in [0.15, 0.2) is 0 Å². The van der Waals surface area contributed by atoms with Crippen LogP contribution < -0.4 is 15.4 Å². The van der Waals surface area contributed by atoms with Crippen LogP contribution in [0.4, 0.5) is 5.69 Å². The van der Waals surface area contributed by atoms with E-state index < -0.39 is 59.5 Å². The van der Waals surface area contributed by atoms with Gasteiger partial charge in [-0.15, -0.1) is 5.10 Å². The number of hydrogen-bond donors (Lipinski definition) is 4. The number of anilines is 1. The molecule has 4 heterocycles. The lowest BCUT2D eigenvalue weighted by atomic mass is 9.65. The van der Waals surface area contributed by atoms with Gasteiger partial charge in [0.25, 0.3) is 0 Å². The van der Waals surface area contributed by atoms with E-state index >= 15 is 14.4 Å². The minimum Gasteiger partial charge on any atom is -0.491 e. The molecule has 3 aliphatic rings. The number of fused-ring (bicyclic) bond motifs is 4. The molecule has 2 amide bonds. The van der Waals surface area contributed by atoms with Crippen LogP contribution in [0.15, 0.2) is 158 Å². The third-order valence-electron chi connectivity index (χ3n) is 12.7. The Bertz CT molecular complexity index is 2950. The van der Waals surface area contributed by atoms with Crippen LogP contribution in [0.1, 0.15) is 57.7 Å². The van der Waals surface area contributed by atoms with Crippen LogP contribution in [0.25, 0.3) is 11.0 Å². The SMILES string of the molecule is O=C1O[C@H](c2ccccc2)[C@H](c2ccccc2)N2[C@H]1[C@@H](C(=O)NC[C@H](O)c1ccccc1)[C@]1(C(=O)Nc3ccc(C#CCn4nnc5ccccc54)cc31)[C@H]2c1cccc(OCCO)c1. The van der Waals surface area contributed by atoms with E-state index in [0.29, 0.717) is 33.7 Å². The maximum Gasteiger partial charge on any atom is 0.324 e. The zero-order valence-electron chi connectivity index (χ0n) is 35.0. The summed E-state index contributed by atoms with van der Waals surface area (Å²) in [6.07, 6.45) is -1.94. The van der Waals surface area contributed by atoms with Crippen molar-refractivity contribution in [2.75, 3.05) is 25.1 Å². The Labute approximate surface area is 374 Å². The molecule has 13 nitrogen and oxygen atoms in total. The summed E-state index contributed by atoms with van der Waals surface area (Å²) in [6.45, 7) is -0.168. The highest BCUT2D eigenvalue weighted by Gasteiger charge is 2.74. The largest absolute Gasteiger partial charge is 0.491 e. The summed E-state index contributed by atoms with van der Waals surface area (Å²) in [4.78, 5) is 48.2. The molecule has 0 saturated carbocycles. The Morgan fingerprint density at radius 1 is 0.831 bits per heavy atom. The highest BCUT2D eigenvalue weighted by Crippen LogP contribution is 2.65. The van der Waals surface area contributed by atoms with Gasteiger partial charge in [-0.25, -0.2) is 4.68 Å². The Morgan fingerprint density at radius 3 is 2.31 bits per heavy atom. The number of benzene rings is 6. The lowest BCUT2D eigenvalue weighted by Gasteiger charge is -2.46. The molecule has 10 rings (SSSR count). The van der Waals surface area contributed by atoms with E-state index in [2.05, 4.69) is 32.8 Å². The molecule has 65 heavy (non-hydrogen) atoms. The fourth-order valence-electron chi connectivity index (χ4n) is 9.96. The highest BCUT2D eigenvalue weighted by atomic mass is 16.6. The number of carbonyl (C=O) groups is 3. The standard InChI is InChI=1S/C52H44N6O7/c59-28-29-64-38-22-12-21-37(31-38)48-52(39-30-33(25-26-40(39)54-51(52)63)14-13-27-57-42-24-11-10-23-41(42)55-56-57)44(49(61)53-32-43(60)34-15-4-1-5-16-34)46-50(62)65-47(36-19-8-3-9-20-36)45(58(46)48)35-17-6-2-7-18-35/h1-12,15-26,30-31,43-48,59-60H,27-29,32H2,(H,53,61)(H,54,63)/t43-,44-,45-,46-,47+,48+,52-/m0/s1. The molecule has 0 bridgehead atoms. The fraction of sp³-hybridized carbons (Fsp3) is 0.212. The Morgan fingerprint density at radius 2 is 1.54 bits per heavy atom. The molecular weight excluding hydrogens is 821 g/mol. The molecule has 324 valence electrons. The minimum absolute atomic E-state index is 0.0190. The van der Waals surface area contributed by atoms with E-state index in [1.807, 2.05) is 114 Å². The number of ether oxygens (including phenoxy) is 2. The number of nitrogens with one attached hydrogen (secondary N) is 2. The predicted octanol–water partition coefficient (Wildman–Crippen LogP) is 5.97. The second kappa shape index (κ2) is 17.5. The summed E-state index contributed by atoms with van der Waals surface area (Å²) < 4.78 is 14.2. The molecule has 1 spiro atoms. The summed E-state index contributed by atoms with van der Waals surface area (Å²) >= 11 is 0. The van der Waals surface area contributed by atoms with Crippen molar-refractivity contribution in [2.24, 2.45) is 5.92 Å². The van der Waals surface area contributed by atoms with E-state index in [4.69, 9.17) is 9.47 Å². The predicted molar refractivity (Wildman–Crippen MR) is 241 cm³/mol. The smallest absolute Gasteiger partial charge is 0.324 e. The van der Waals surface area contributed by atoms with Gasteiger partial charge in [0.2, 0.25) is 11.8 Å². The number of rotatable bonds is 11. The van der Waals surface area contributed by atoms with Crippen LogP contribution in [0.2, 0.25) is 0 Å². The molecular formula is C52H44N6O7. The van der Waals surface area contributed by atoms with Gasteiger partial charge in [0.1, 0.15) is 42.0 Å². The first-order chi connectivity index (χ1) is 31.9. The van der Waals surface area contributed by atoms with Crippen LogP contribution >= 0.6 is 0 Å². The van der Waals surface area contributed by atoms with E-state index in [0.717, 1.165) is 22.2 Å². The zero-order valence-corrected chi connectivity index (χ0v) is 35.0. The zero-order chi connectivity index (χ0) is 44.5. The number of aliphatic hydroxyl groups is 2. The van der Waals surface area contributed by atoms with Crippen molar-refractivity contribution in [3.05, 3.63) is 191 Å². The number of carbonyl (C=O) groups excluding carboxylic acids is 3. The molecule has 0 unspecified atom stereocenters. The molecule has 3 aliphatic heterocycles. The normalized spacial score (nSPS) is 22.6. The second-order valence-corrected chi connectivity index (χ2v) is 16.3. The first kappa shape index (κ1) is 41.4. The van der Waals surface area contributed by atoms with Crippen molar-refractivity contribution < 1.29 is 34.1 Å². The Kier molecular flexibility index (Phi) is 11.1. The van der Waals surface area contributed by atoms with Crippen molar-refractivity contribution in [1.29, 1.82) is 0 Å². The average Bonchev–Trinajstić information content (AvgIpc) is 4.00. The second-order valence-electron chi connectivity index (χ2n) is 16.3. The van der Waals surface area contributed by atoms with Crippen LogP contribution in [0.5, 0.6) is 5.75 Å². The Balaban J connectivity index is 1.18. The van der Waals surface area contributed by atoms with Crippen LogP contribution in [0.3, 0.4) is 0 Å². The summed E-state index contributed by atoms with van der Waals surface area (Å²) in [7, 11) is 0. The monoisotopic (exact) mass is 864 g/mol. The third-order valence-corrected chi connectivity index (χ3v) is 12.7. The summed E-state index contributed by atoms with van der Waals surface area (Å²) in [6, 6.07) is 45.3. The summed E-state index contributed by atoms with van der Waals surface area (Å²) in [5.74, 6) is 3.71. The fourth-order valence-corrected chi connectivity index (χ4v) is 9.96. The van der Waals surface area contributed by atoms with Gasteiger partial charge >= 0.3 is 5.97 Å². The van der Waals surface area contributed by atoms with Gasteiger partial charge < -0.3 is 30.3 Å². The van der Waals surface area contributed by atoms with Gasteiger partial charge in [-0.05, 0) is 70.3 Å². The van der Waals surface area contributed by atoms with E-state index in [1.54, 1.807) is 53.2 Å². The van der Waals surface area contributed by atoms with Gasteiger partial charge in [-0.1, -0.05) is 132 Å². The van der Waals surface area contributed by atoms with Gasteiger partial charge in [0.05, 0.1) is 36.2 Å². The molecule has 2 saturated heterocycles. The van der Waals surface area contributed by atoms with Crippen molar-refractivity contribution in [3.63, 3.8) is 0 Å². The lowest BCUT2D eigenvalue weighted by Crippen LogP contribution is -2.55. The van der Waals surface area contributed by atoms with Crippen LogP contribution in [-0.2, 0) is 31.1 Å². The van der Waals surface area contributed by atoms with E-state index in [-0.39, 0.29) is 26.3 Å². The minimum atomic E-state index is -1.80. The highest BCUT2D eigenvalue weighted by molar-refractivity contribution is 6.12. The average molecular weight is 865 g/mol. The molecule has 13 heteroatoms. The molecule has 6 aromatic carbocycles. The third kappa shape index (κ3) is 7.37. The number of para-hydroxylation sites is 1. The number of aromatic nitrogens is 3. The van der Waals surface area contributed by atoms with Gasteiger partial charge in [-0.2, -0.15) is 0 Å². The lowest BCUT2D eigenvalue weighted by molar-refractivity contribution is -0.178. The molecule has 7 aromatic rings.